The van der Waals surface area contributed by atoms with E-state index in [9.17, 15) is 4.79 Å². The standard InChI is InChI=1S/C17H27N3O2S/c1-2-20(11-16(21)22)14-7-13(8-14)18-9-15-10-19-17(23-15)12-5-3-4-6-12/h10,12-14,18H,2-9,11H2,1H3,(H,21,22). The van der Waals surface area contributed by atoms with Gasteiger partial charge in [-0.15, -0.1) is 11.3 Å². The smallest absolute Gasteiger partial charge is 0.317 e. The second-order valence-corrected chi connectivity index (χ2v) is 7.95. The lowest BCUT2D eigenvalue weighted by atomic mass is 9.85. The summed E-state index contributed by atoms with van der Waals surface area (Å²) in [5.74, 6) is -0.0247. The Morgan fingerprint density at radius 1 is 1.43 bits per heavy atom. The van der Waals surface area contributed by atoms with Crippen LogP contribution in [0, 0.1) is 0 Å². The summed E-state index contributed by atoms with van der Waals surface area (Å²) >= 11 is 1.86. The van der Waals surface area contributed by atoms with E-state index in [1.807, 2.05) is 24.5 Å². The number of aromatic nitrogens is 1. The van der Waals surface area contributed by atoms with E-state index in [-0.39, 0.29) is 6.54 Å². The predicted octanol–water partition coefficient (Wildman–Crippen LogP) is 2.83. The Labute approximate surface area is 142 Å². The highest BCUT2D eigenvalue weighted by molar-refractivity contribution is 7.11. The number of likely N-dealkylation sites (N-methyl/N-ethyl adjacent to an activating group) is 1. The van der Waals surface area contributed by atoms with E-state index in [2.05, 4.69) is 15.2 Å². The molecule has 0 aliphatic heterocycles. The normalized spacial score (nSPS) is 25.0. The third-order valence-electron chi connectivity index (χ3n) is 5.21. The zero-order valence-corrected chi connectivity index (χ0v) is 14.6. The topological polar surface area (TPSA) is 65.5 Å². The number of nitrogens with one attached hydrogen (secondary N) is 1. The molecule has 2 aliphatic rings. The van der Waals surface area contributed by atoms with Crippen LogP contribution in [-0.2, 0) is 11.3 Å². The molecule has 0 bridgehead atoms. The lowest BCUT2D eigenvalue weighted by Crippen LogP contribution is -2.53. The molecule has 2 fully saturated rings. The van der Waals surface area contributed by atoms with Crippen LogP contribution < -0.4 is 5.32 Å². The minimum Gasteiger partial charge on any atom is -0.480 e. The van der Waals surface area contributed by atoms with E-state index in [1.165, 1.54) is 35.6 Å². The molecule has 2 saturated carbocycles. The summed E-state index contributed by atoms with van der Waals surface area (Å²) < 4.78 is 0. The molecule has 0 spiro atoms. The van der Waals surface area contributed by atoms with Crippen LogP contribution >= 0.6 is 11.3 Å². The van der Waals surface area contributed by atoms with Crippen LogP contribution in [0.3, 0.4) is 0 Å². The van der Waals surface area contributed by atoms with Gasteiger partial charge in [-0.05, 0) is 32.2 Å². The molecule has 0 saturated heterocycles. The summed E-state index contributed by atoms with van der Waals surface area (Å²) in [4.78, 5) is 18.9. The average Bonchev–Trinajstić information content (AvgIpc) is 3.14. The zero-order chi connectivity index (χ0) is 16.2. The van der Waals surface area contributed by atoms with Crippen molar-refractivity contribution in [3.8, 4) is 0 Å². The Morgan fingerprint density at radius 3 is 2.83 bits per heavy atom. The van der Waals surface area contributed by atoms with Crippen molar-refractivity contribution in [3.05, 3.63) is 16.1 Å². The second-order valence-electron chi connectivity index (χ2n) is 6.81. The van der Waals surface area contributed by atoms with Crippen molar-refractivity contribution in [1.82, 2.24) is 15.2 Å². The monoisotopic (exact) mass is 337 g/mol. The van der Waals surface area contributed by atoms with E-state index < -0.39 is 5.97 Å². The van der Waals surface area contributed by atoms with E-state index >= 15 is 0 Å². The van der Waals surface area contributed by atoms with Crippen LogP contribution in [-0.4, -0.2) is 46.1 Å². The fraction of sp³-hybridized carbons (Fsp3) is 0.765. The highest BCUT2D eigenvalue weighted by Gasteiger charge is 2.33. The van der Waals surface area contributed by atoms with Crippen molar-refractivity contribution in [3.63, 3.8) is 0 Å². The SMILES string of the molecule is CCN(CC(=O)O)C1CC(NCc2cnc(C3CCCC3)s2)C1. The molecule has 0 amide bonds. The largest absolute Gasteiger partial charge is 0.480 e. The van der Waals surface area contributed by atoms with Crippen LogP contribution in [0.2, 0.25) is 0 Å². The van der Waals surface area contributed by atoms with Crippen molar-refractivity contribution < 1.29 is 9.90 Å². The molecule has 2 aliphatic carbocycles. The quantitative estimate of drug-likeness (QED) is 0.763. The maximum atomic E-state index is 10.9. The van der Waals surface area contributed by atoms with E-state index in [0.29, 0.717) is 18.0 Å². The number of nitrogens with zero attached hydrogens (tertiary/aromatic N) is 2. The summed E-state index contributed by atoms with van der Waals surface area (Å²) in [5, 5.41) is 13.9. The molecule has 0 aromatic carbocycles. The van der Waals surface area contributed by atoms with Crippen molar-refractivity contribution in [1.29, 1.82) is 0 Å². The van der Waals surface area contributed by atoms with Crippen molar-refractivity contribution >= 4 is 17.3 Å². The molecule has 1 heterocycles. The van der Waals surface area contributed by atoms with Crippen LogP contribution in [0.4, 0.5) is 0 Å². The van der Waals surface area contributed by atoms with Crippen LogP contribution in [0.5, 0.6) is 0 Å². The lowest BCUT2D eigenvalue weighted by molar-refractivity contribution is -0.139. The van der Waals surface area contributed by atoms with Crippen molar-refractivity contribution in [2.45, 2.75) is 70.0 Å². The van der Waals surface area contributed by atoms with Gasteiger partial charge in [0.25, 0.3) is 0 Å². The number of rotatable bonds is 8. The third-order valence-corrected chi connectivity index (χ3v) is 6.37. The number of carbonyl (C=O) groups is 1. The molecule has 6 heteroatoms. The van der Waals surface area contributed by atoms with E-state index in [4.69, 9.17) is 5.11 Å². The number of carboxylic acids is 1. The average molecular weight is 337 g/mol. The number of thiazole rings is 1. The Bertz CT molecular complexity index is 522. The summed E-state index contributed by atoms with van der Waals surface area (Å²) in [6.45, 7) is 3.90. The second kappa shape index (κ2) is 7.73. The first-order chi connectivity index (χ1) is 11.2. The molecule has 0 atom stereocenters. The fourth-order valence-electron chi connectivity index (χ4n) is 3.74. The van der Waals surface area contributed by atoms with Crippen molar-refractivity contribution in [2.24, 2.45) is 0 Å². The first kappa shape index (κ1) is 16.9. The van der Waals surface area contributed by atoms with Gasteiger partial charge in [-0.1, -0.05) is 19.8 Å². The summed E-state index contributed by atoms with van der Waals surface area (Å²) in [7, 11) is 0. The van der Waals surface area contributed by atoms with Gasteiger partial charge in [0.15, 0.2) is 0 Å². The maximum absolute atomic E-state index is 10.9. The molecule has 128 valence electrons. The Kier molecular flexibility index (Phi) is 5.67. The van der Waals surface area contributed by atoms with Crippen molar-refractivity contribution in [2.75, 3.05) is 13.1 Å². The van der Waals surface area contributed by atoms with Gasteiger partial charge in [-0.3, -0.25) is 9.69 Å². The number of aliphatic carboxylic acids is 1. The van der Waals surface area contributed by atoms with E-state index in [0.717, 1.165) is 25.9 Å². The molecule has 5 nitrogen and oxygen atoms in total. The molecule has 0 unspecified atom stereocenters. The minimum absolute atomic E-state index is 0.160. The number of hydrogen-bond acceptors (Lipinski definition) is 5. The Balaban J connectivity index is 1.39. The number of carboxylic acid groups (broad SMARTS) is 1. The molecule has 1 aromatic heterocycles. The first-order valence-corrected chi connectivity index (χ1v) is 9.61. The molecule has 0 radical (unpaired) electrons. The summed E-state index contributed by atoms with van der Waals surface area (Å²) in [5.41, 5.74) is 0. The molecule has 3 rings (SSSR count). The van der Waals surface area contributed by atoms with Gasteiger partial charge in [0.1, 0.15) is 0 Å². The predicted molar refractivity (Wildman–Crippen MR) is 91.9 cm³/mol. The van der Waals surface area contributed by atoms with E-state index in [1.54, 1.807) is 0 Å². The van der Waals surface area contributed by atoms with Gasteiger partial charge in [-0.2, -0.15) is 0 Å². The van der Waals surface area contributed by atoms with Crippen LogP contribution in [0.15, 0.2) is 6.20 Å². The zero-order valence-electron chi connectivity index (χ0n) is 13.8. The molecular weight excluding hydrogens is 310 g/mol. The molecule has 1 aromatic rings. The summed E-state index contributed by atoms with van der Waals surface area (Å²) in [6, 6.07) is 0.934. The minimum atomic E-state index is -0.729. The van der Waals surface area contributed by atoms with Gasteiger partial charge in [0, 0.05) is 35.6 Å². The van der Waals surface area contributed by atoms with Gasteiger partial charge in [0.2, 0.25) is 0 Å². The van der Waals surface area contributed by atoms with Gasteiger partial charge in [0.05, 0.1) is 11.6 Å². The number of hydrogen-bond donors (Lipinski definition) is 2. The fourth-order valence-corrected chi connectivity index (χ4v) is 4.77. The van der Waals surface area contributed by atoms with Crippen LogP contribution in [0.1, 0.15) is 61.3 Å². The van der Waals surface area contributed by atoms with Crippen LogP contribution in [0.25, 0.3) is 0 Å². The van der Waals surface area contributed by atoms with Gasteiger partial charge in [-0.25, -0.2) is 4.98 Å². The Morgan fingerprint density at radius 2 is 2.17 bits per heavy atom. The summed E-state index contributed by atoms with van der Waals surface area (Å²) in [6.07, 6.45) is 9.45. The molecule has 2 N–H and O–H groups in total. The van der Waals surface area contributed by atoms with Gasteiger partial charge < -0.3 is 10.4 Å². The highest BCUT2D eigenvalue weighted by Crippen LogP contribution is 2.36. The maximum Gasteiger partial charge on any atom is 0.317 e. The third kappa shape index (κ3) is 4.31. The highest BCUT2D eigenvalue weighted by atomic mass is 32.1. The van der Waals surface area contributed by atoms with Gasteiger partial charge >= 0.3 is 5.97 Å². The first-order valence-electron chi connectivity index (χ1n) is 8.79. The molecule has 23 heavy (non-hydrogen) atoms. The Hall–Kier alpha value is -0.980. The molecular formula is C17H27N3O2S. The lowest BCUT2D eigenvalue weighted by Gasteiger charge is -2.42.